The Hall–Kier alpha value is -1.72. The van der Waals surface area contributed by atoms with Crippen LogP contribution in [0.25, 0.3) is 5.57 Å². The predicted octanol–water partition coefficient (Wildman–Crippen LogP) is 2.99. The van der Waals surface area contributed by atoms with Gasteiger partial charge >= 0.3 is 0 Å². The molecule has 0 saturated carbocycles. The Morgan fingerprint density at radius 1 is 1.00 bits per heavy atom. The van der Waals surface area contributed by atoms with Crippen molar-refractivity contribution >= 4 is 5.57 Å². The summed E-state index contributed by atoms with van der Waals surface area (Å²) in [6, 6.07) is 8.60. The molecule has 0 amide bonds. The number of likely N-dealkylation sites (N-methyl/N-ethyl adjacent to an activating group) is 1. The van der Waals surface area contributed by atoms with Gasteiger partial charge in [0.05, 0.1) is 5.70 Å². The first-order chi connectivity index (χ1) is 7.18. The number of allylic oxidation sites excluding steroid dienone is 2. The van der Waals surface area contributed by atoms with Crippen LogP contribution in [0.15, 0.2) is 47.8 Å². The maximum atomic E-state index is 3.15. The van der Waals surface area contributed by atoms with E-state index in [0.29, 0.717) is 0 Å². The van der Waals surface area contributed by atoms with Crippen molar-refractivity contribution in [2.24, 2.45) is 0 Å². The summed E-state index contributed by atoms with van der Waals surface area (Å²) >= 11 is 0. The van der Waals surface area contributed by atoms with E-state index in [-0.39, 0.29) is 0 Å². The van der Waals surface area contributed by atoms with E-state index in [1.165, 1.54) is 22.4 Å². The van der Waals surface area contributed by atoms with Gasteiger partial charge in [-0.15, -0.1) is 5.73 Å². The number of benzene rings is 1. The predicted molar refractivity (Wildman–Crippen MR) is 64.4 cm³/mol. The summed E-state index contributed by atoms with van der Waals surface area (Å²) in [5.41, 5.74) is 8.17. The van der Waals surface area contributed by atoms with Gasteiger partial charge in [-0.25, -0.2) is 0 Å². The zero-order chi connectivity index (χ0) is 10.8. The van der Waals surface area contributed by atoms with Crippen LogP contribution >= 0.6 is 0 Å². The molecule has 0 atom stereocenters. The lowest BCUT2D eigenvalue weighted by Gasteiger charge is -2.15. The minimum atomic E-state index is 1.22. The number of hydrogen-bond acceptors (Lipinski definition) is 1. The Bertz CT molecular complexity index is 455. The standard InChI is InChI=1S/C14H15N/c1-11-7-9-12(10-8-11)13-5-4-6-14(13)15(2)3/h5-10H,1-3H3. The quantitative estimate of drug-likeness (QED) is 0.659. The summed E-state index contributed by atoms with van der Waals surface area (Å²) in [5, 5.41) is 0. The Kier molecular flexibility index (Phi) is 2.49. The van der Waals surface area contributed by atoms with Crippen molar-refractivity contribution < 1.29 is 0 Å². The Balaban J connectivity index is 2.43. The summed E-state index contributed by atoms with van der Waals surface area (Å²) in [6.07, 6.45) is 4.06. The molecule has 0 saturated heterocycles. The summed E-state index contributed by atoms with van der Waals surface area (Å²) < 4.78 is 0. The van der Waals surface area contributed by atoms with Crippen LogP contribution in [0.5, 0.6) is 0 Å². The Morgan fingerprint density at radius 2 is 1.67 bits per heavy atom. The summed E-state index contributed by atoms with van der Waals surface area (Å²) in [4.78, 5) is 2.12. The van der Waals surface area contributed by atoms with E-state index < -0.39 is 0 Å². The zero-order valence-electron chi connectivity index (χ0n) is 9.41. The summed E-state index contributed by atoms with van der Waals surface area (Å²) in [7, 11) is 4.11. The van der Waals surface area contributed by atoms with Crippen LogP contribution in [-0.4, -0.2) is 19.0 Å². The molecule has 1 heteroatoms. The minimum Gasteiger partial charge on any atom is -0.377 e. The van der Waals surface area contributed by atoms with Gasteiger partial charge in [-0.2, -0.15) is 0 Å². The molecule has 76 valence electrons. The third-order valence-electron chi connectivity index (χ3n) is 2.57. The molecule has 1 aromatic carbocycles. The van der Waals surface area contributed by atoms with Gasteiger partial charge in [0.15, 0.2) is 0 Å². The highest BCUT2D eigenvalue weighted by atomic mass is 15.1. The van der Waals surface area contributed by atoms with E-state index in [2.05, 4.69) is 55.9 Å². The maximum absolute atomic E-state index is 3.15. The fourth-order valence-electron chi connectivity index (χ4n) is 1.69. The molecule has 1 aliphatic rings. The monoisotopic (exact) mass is 197 g/mol. The molecule has 15 heavy (non-hydrogen) atoms. The Morgan fingerprint density at radius 3 is 2.27 bits per heavy atom. The molecule has 0 aliphatic heterocycles. The fourth-order valence-corrected chi connectivity index (χ4v) is 1.69. The first kappa shape index (κ1) is 9.82. The minimum absolute atomic E-state index is 1.22. The normalized spacial score (nSPS) is 13.8. The average molecular weight is 197 g/mol. The smallest absolute Gasteiger partial charge is 0.0525 e. The van der Waals surface area contributed by atoms with Crippen LogP contribution in [0.4, 0.5) is 0 Å². The number of rotatable bonds is 2. The molecule has 0 unspecified atom stereocenters. The Labute approximate surface area is 91.0 Å². The molecule has 0 bridgehead atoms. The van der Waals surface area contributed by atoms with Gasteiger partial charge in [0.2, 0.25) is 0 Å². The van der Waals surface area contributed by atoms with Gasteiger partial charge in [0, 0.05) is 25.7 Å². The molecule has 2 rings (SSSR count). The van der Waals surface area contributed by atoms with Crippen molar-refractivity contribution in [3.8, 4) is 0 Å². The maximum Gasteiger partial charge on any atom is 0.0525 e. The van der Waals surface area contributed by atoms with Crippen molar-refractivity contribution in [1.82, 2.24) is 4.90 Å². The van der Waals surface area contributed by atoms with E-state index in [1.54, 1.807) is 0 Å². The molecule has 0 fully saturated rings. The second-order valence-corrected chi connectivity index (χ2v) is 4.01. The van der Waals surface area contributed by atoms with Crippen molar-refractivity contribution in [3.63, 3.8) is 0 Å². The zero-order valence-corrected chi connectivity index (χ0v) is 9.41. The van der Waals surface area contributed by atoms with Crippen molar-refractivity contribution in [2.75, 3.05) is 14.1 Å². The SMILES string of the molecule is Cc1ccc(C2=C(N(C)C)C=C=C2)cc1. The topological polar surface area (TPSA) is 3.24 Å². The molecule has 1 nitrogen and oxygen atoms in total. The van der Waals surface area contributed by atoms with Crippen LogP contribution in [0.3, 0.4) is 0 Å². The number of aryl methyl sites for hydroxylation is 1. The van der Waals surface area contributed by atoms with Crippen LogP contribution < -0.4 is 0 Å². The third-order valence-corrected chi connectivity index (χ3v) is 2.57. The lowest BCUT2D eigenvalue weighted by atomic mass is 10.0. The molecule has 1 aliphatic carbocycles. The molecule has 0 radical (unpaired) electrons. The molecule has 0 spiro atoms. The molecular weight excluding hydrogens is 182 g/mol. The highest BCUT2D eigenvalue weighted by molar-refractivity contribution is 5.80. The third kappa shape index (κ3) is 1.88. The van der Waals surface area contributed by atoms with E-state index in [9.17, 15) is 0 Å². The molecule has 0 heterocycles. The van der Waals surface area contributed by atoms with Crippen molar-refractivity contribution in [1.29, 1.82) is 0 Å². The van der Waals surface area contributed by atoms with Crippen LogP contribution in [-0.2, 0) is 0 Å². The van der Waals surface area contributed by atoms with E-state index in [0.717, 1.165) is 0 Å². The lowest BCUT2D eigenvalue weighted by Crippen LogP contribution is -2.09. The second kappa shape index (κ2) is 3.80. The number of nitrogens with zero attached hydrogens (tertiary/aromatic N) is 1. The fraction of sp³-hybridized carbons (Fsp3) is 0.214. The van der Waals surface area contributed by atoms with Gasteiger partial charge in [0.25, 0.3) is 0 Å². The number of hydrogen-bond donors (Lipinski definition) is 0. The van der Waals surface area contributed by atoms with Gasteiger partial charge in [-0.3, -0.25) is 0 Å². The van der Waals surface area contributed by atoms with Crippen molar-refractivity contribution in [2.45, 2.75) is 6.92 Å². The van der Waals surface area contributed by atoms with E-state index >= 15 is 0 Å². The van der Waals surface area contributed by atoms with Gasteiger partial charge in [0.1, 0.15) is 0 Å². The van der Waals surface area contributed by atoms with Crippen molar-refractivity contribution in [3.05, 3.63) is 59.0 Å². The highest BCUT2D eigenvalue weighted by Crippen LogP contribution is 2.25. The largest absolute Gasteiger partial charge is 0.377 e. The molecule has 0 N–H and O–H groups in total. The summed E-state index contributed by atoms with van der Waals surface area (Å²) in [5.74, 6) is 0. The van der Waals surface area contributed by atoms with E-state index in [4.69, 9.17) is 0 Å². The first-order valence-electron chi connectivity index (χ1n) is 5.09. The van der Waals surface area contributed by atoms with Gasteiger partial charge < -0.3 is 4.90 Å². The average Bonchev–Trinajstić information content (AvgIpc) is 2.67. The van der Waals surface area contributed by atoms with Crippen LogP contribution in [0, 0.1) is 6.92 Å². The van der Waals surface area contributed by atoms with Gasteiger partial charge in [-0.05, 0) is 18.6 Å². The van der Waals surface area contributed by atoms with Crippen LogP contribution in [0.1, 0.15) is 11.1 Å². The first-order valence-corrected chi connectivity index (χ1v) is 5.09. The van der Waals surface area contributed by atoms with E-state index in [1.807, 2.05) is 12.2 Å². The summed E-state index contributed by atoms with van der Waals surface area (Å²) in [6.45, 7) is 2.10. The highest BCUT2D eigenvalue weighted by Gasteiger charge is 2.09. The molecule has 0 aromatic heterocycles. The van der Waals surface area contributed by atoms with Gasteiger partial charge in [-0.1, -0.05) is 29.8 Å². The second-order valence-electron chi connectivity index (χ2n) is 4.01. The molecular formula is C14H15N. The van der Waals surface area contributed by atoms with Crippen LogP contribution in [0.2, 0.25) is 0 Å². The molecule has 1 aromatic rings. The lowest BCUT2D eigenvalue weighted by molar-refractivity contribution is 0.534.